The fourth-order valence-corrected chi connectivity index (χ4v) is 2.77. The Morgan fingerprint density at radius 3 is 2.83 bits per heavy atom. The molecule has 1 heterocycles. The summed E-state index contributed by atoms with van der Waals surface area (Å²) in [5, 5.41) is 2.23. The summed E-state index contributed by atoms with van der Waals surface area (Å²) in [4.78, 5) is 1.64. The van der Waals surface area contributed by atoms with E-state index >= 15 is 0 Å². The molecule has 1 unspecified atom stereocenters. The van der Waals surface area contributed by atoms with Crippen molar-refractivity contribution in [3.63, 3.8) is 0 Å². The minimum Gasteiger partial charge on any atom is -0.148 e. The van der Waals surface area contributed by atoms with Gasteiger partial charge in [-0.05, 0) is 42.2 Å². The number of thiophene rings is 1. The zero-order valence-electron chi connectivity index (χ0n) is 8.26. The Kier molecular flexibility index (Phi) is 3.80. The van der Waals surface area contributed by atoms with Gasteiger partial charge in [0.25, 0.3) is 0 Å². The summed E-state index contributed by atoms with van der Waals surface area (Å²) in [5.41, 5.74) is 1.61. The van der Waals surface area contributed by atoms with Crippen molar-refractivity contribution in [1.29, 1.82) is 0 Å². The van der Waals surface area contributed by atoms with Gasteiger partial charge in [-0.15, -0.1) is 11.3 Å². The molecule has 0 N–H and O–H groups in total. The van der Waals surface area contributed by atoms with Crippen LogP contribution in [-0.4, -0.2) is 0 Å². The van der Waals surface area contributed by atoms with Gasteiger partial charge in [0.15, 0.2) is 0 Å². The molecule has 0 aromatic carbocycles. The Morgan fingerprint density at radius 2 is 2.17 bits per heavy atom. The minimum absolute atomic E-state index is 0.837. The summed E-state index contributed by atoms with van der Waals surface area (Å²) < 4.78 is 0. The number of hydrogen-bond acceptors (Lipinski definition) is 1. The normalized spacial score (nSPS) is 20.8. The van der Waals surface area contributed by atoms with Crippen molar-refractivity contribution in [2.24, 2.45) is 0 Å². The van der Waals surface area contributed by atoms with Crippen LogP contribution in [0, 0.1) is 0 Å². The average molecular weight is 182 g/mol. The summed E-state index contributed by atoms with van der Waals surface area (Å²) in [5.74, 6) is 0.837. The Labute approximate surface area is 79.6 Å². The lowest BCUT2D eigenvalue weighted by Crippen LogP contribution is -2.02. The Bertz CT molecular complexity index is 225. The molecule has 1 aliphatic carbocycles. The largest absolute Gasteiger partial charge is 0.148 e. The lowest BCUT2D eigenvalue weighted by molar-refractivity contribution is 0.602. The van der Waals surface area contributed by atoms with Gasteiger partial charge in [0.05, 0.1) is 0 Å². The molecule has 68 valence electrons. The van der Waals surface area contributed by atoms with E-state index < -0.39 is 0 Å². The van der Waals surface area contributed by atoms with Gasteiger partial charge >= 0.3 is 0 Å². The second-order valence-electron chi connectivity index (χ2n) is 3.10. The van der Waals surface area contributed by atoms with Crippen LogP contribution in [0.5, 0.6) is 0 Å². The average Bonchev–Trinajstić information content (AvgIpc) is 2.57. The highest BCUT2D eigenvalue weighted by molar-refractivity contribution is 7.10. The van der Waals surface area contributed by atoms with Crippen LogP contribution in [0.4, 0.5) is 0 Å². The van der Waals surface area contributed by atoms with E-state index in [1.54, 1.807) is 10.4 Å². The van der Waals surface area contributed by atoms with Crippen molar-refractivity contribution in [2.75, 3.05) is 0 Å². The highest BCUT2D eigenvalue weighted by atomic mass is 32.1. The molecule has 0 nitrogen and oxygen atoms in total. The molecule has 1 aromatic rings. The van der Waals surface area contributed by atoms with E-state index in [4.69, 9.17) is 0 Å². The second kappa shape index (κ2) is 4.66. The zero-order valence-corrected chi connectivity index (χ0v) is 9.08. The SMILES string of the molecule is CC.CC1CCCc2ccsc21. The summed E-state index contributed by atoms with van der Waals surface area (Å²) in [6.07, 6.45) is 4.11. The first-order valence-electron chi connectivity index (χ1n) is 4.94. The van der Waals surface area contributed by atoms with Crippen molar-refractivity contribution < 1.29 is 0 Å². The van der Waals surface area contributed by atoms with E-state index in [9.17, 15) is 0 Å². The number of hydrogen-bond donors (Lipinski definition) is 0. The molecular formula is C11H18S. The summed E-state index contributed by atoms with van der Waals surface area (Å²) in [7, 11) is 0. The molecule has 1 atom stereocenters. The topological polar surface area (TPSA) is 0 Å². The Balaban J connectivity index is 0.000000336. The van der Waals surface area contributed by atoms with Crippen LogP contribution < -0.4 is 0 Å². The van der Waals surface area contributed by atoms with Gasteiger partial charge in [-0.25, -0.2) is 0 Å². The van der Waals surface area contributed by atoms with Crippen LogP contribution in [0.25, 0.3) is 0 Å². The van der Waals surface area contributed by atoms with Gasteiger partial charge in [0, 0.05) is 4.88 Å². The second-order valence-corrected chi connectivity index (χ2v) is 4.05. The summed E-state index contributed by atoms with van der Waals surface area (Å²) in [6, 6.07) is 2.29. The molecule has 1 aromatic heterocycles. The minimum atomic E-state index is 0.837. The number of aryl methyl sites for hydroxylation is 1. The molecule has 2 rings (SSSR count). The van der Waals surface area contributed by atoms with Gasteiger partial charge in [0.1, 0.15) is 0 Å². The maximum absolute atomic E-state index is 2.34. The first kappa shape index (κ1) is 9.79. The molecule has 0 amide bonds. The summed E-state index contributed by atoms with van der Waals surface area (Å²) in [6.45, 7) is 6.34. The predicted molar refractivity (Wildman–Crippen MR) is 57.0 cm³/mol. The Hall–Kier alpha value is -0.300. The van der Waals surface area contributed by atoms with E-state index in [0.717, 1.165) is 5.92 Å². The fraction of sp³-hybridized carbons (Fsp3) is 0.636. The predicted octanol–water partition coefficient (Wildman–Crippen LogP) is 4.21. The van der Waals surface area contributed by atoms with Gasteiger partial charge in [0.2, 0.25) is 0 Å². The van der Waals surface area contributed by atoms with Gasteiger partial charge in [-0.3, -0.25) is 0 Å². The third-order valence-electron chi connectivity index (χ3n) is 2.31. The summed E-state index contributed by atoms with van der Waals surface area (Å²) >= 11 is 1.93. The lowest BCUT2D eigenvalue weighted by Gasteiger charge is -2.17. The molecule has 1 aliphatic rings. The first-order valence-corrected chi connectivity index (χ1v) is 5.82. The van der Waals surface area contributed by atoms with Crippen molar-refractivity contribution in [1.82, 2.24) is 0 Å². The number of fused-ring (bicyclic) bond motifs is 1. The van der Waals surface area contributed by atoms with E-state index in [-0.39, 0.29) is 0 Å². The standard InChI is InChI=1S/C9H12S.C2H6/c1-7-3-2-4-8-5-6-10-9(7)8;1-2/h5-7H,2-4H2,1H3;1-2H3. The quantitative estimate of drug-likeness (QED) is 0.563. The molecule has 0 aliphatic heterocycles. The number of rotatable bonds is 0. The maximum atomic E-state index is 2.34. The van der Waals surface area contributed by atoms with Crippen LogP contribution in [0.2, 0.25) is 0 Å². The molecule has 0 saturated heterocycles. The molecule has 0 fully saturated rings. The van der Waals surface area contributed by atoms with Gasteiger partial charge in [-0.2, -0.15) is 0 Å². The molecule has 0 saturated carbocycles. The monoisotopic (exact) mass is 182 g/mol. The lowest BCUT2D eigenvalue weighted by atomic mass is 9.91. The van der Waals surface area contributed by atoms with Crippen molar-refractivity contribution >= 4 is 11.3 Å². The van der Waals surface area contributed by atoms with Gasteiger partial charge < -0.3 is 0 Å². The van der Waals surface area contributed by atoms with Crippen molar-refractivity contribution in [2.45, 2.75) is 46.0 Å². The molecule has 1 heteroatoms. The Morgan fingerprint density at radius 1 is 1.42 bits per heavy atom. The van der Waals surface area contributed by atoms with E-state index in [1.165, 1.54) is 19.3 Å². The molecule has 0 spiro atoms. The van der Waals surface area contributed by atoms with Crippen LogP contribution in [0.1, 0.15) is 50.0 Å². The van der Waals surface area contributed by atoms with E-state index in [0.29, 0.717) is 0 Å². The third kappa shape index (κ3) is 1.89. The first-order chi connectivity index (χ1) is 5.88. The van der Waals surface area contributed by atoms with Crippen LogP contribution in [0.15, 0.2) is 11.4 Å². The highest BCUT2D eigenvalue weighted by Crippen LogP contribution is 2.34. The fourth-order valence-electron chi connectivity index (χ4n) is 1.72. The van der Waals surface area contributed by atoms with E-state index in [2.05, 4.69) is 18.4 Å². The molecule has 12 heavy (non-hydrogen) atoms. The highest BCUT2D eigenvalue weighted by Gasteiger charge is 2.16. The molecular weight excluding hydrogens is 164 g/mol. The van der Waals surface area contributed by atoms with E-state index in [1.807, 2.05) is 25.2 Å². The smallest absolute Gasteiger partial charge is 0.0105 e. The van der Waals surface area contributed by atoms with Crippen LogP contribution in [-0.2, 0) is 6.42 Å². The van der Waals surface area contributed by atoms with Crippen LogP contribution >= 0.6 is 11.3 Å². The third-order valence-corrected chi connectivity index (χ3v) is 3.50. The maximum Gasteiger partial charge on any atom is 0.0105 e. The molecule has 0 bridgehead atoms. The van der Waals surface area contributed by atoms with Gasteiger partial charge in [-0.1, -0.05) is 20.8 Å². The zero-order chi connectivity index (χ0) is 8.97. The molecule has 0 radical (unpaired) electrons. The van der Waals surface area contributed by atoms with Crippen LogP contribution in [0.3, 0.4) is 0 Å². The van der Waals surface area contributed by atoms with Crippen molar-refractivity contribution in [3.05, 3.63) is 21.9 Å². The van der Waals surface area contributed by atoms with Crippen molar-refractivity contribution in [3.8, 4) is 0 Å².